The van der Waals surface area contributed by atoms with E-state index in [0.717, 1.165) is 0 Å². The average molecular weight is 312 g/mol. The zero-order valence-electron chi connectivity index (χ0n) is 10.3. The van der Waals surface area contributed by atoms with Crippen LogP contribution >= 0.6 is 23.4 Å². The summed E-state index contributed by atoms with van der Waals surface area (Å²) in [7, 11) is 0. The normalized spacial score (nSPS) is 11.6. The van der Waals surface area contributed by atoms with Gasteiger partial charge in [0.05, 0.1) is 5.02 Å². The first kappa shape index (κ1) is 14.6. The van der Waals surface area contributed by atoms with Crippen LogP contribution in [0.15, 0.2) is 46.7 Å². The summed E-state index contributed by atoms with van der Waals surface area (Å²) < 4.78 is 13.9. The van der Waals surface area contributed by atoms with Crippen LogP contribution in [0.1, 0.15) is 11.1 Å². The van der Waals surface area contributed by atoms with Crippen LogP contribution in [0.3, 0.4) is 0 Å². The number of pyridine rings is 1. The van der Waals surface area contributed by atoms with Crippen LogP contribution in [-0.2, 0) is 5.75 Å². The molecule has 1 heterocycles. The molecule has 104 valence electrons. The molecule has 20 heavy (non-hydrogen) atoms. The van der Waals surface area contributed by atoms with Gasteiger partial charge in [0.1, 0.15) is 10.8 Å². The molecule has 0 saturated heterocycles. The van der Waals surface area contributed by atoms with E-state index in [2.05, 4.69) is 10.1 Å². The fourth-order valence-electron chi connectivity index (χ4n) is 1.50. The topological polar surface area (TPSA) is 71.5 Å². The largest absolute Gasteiger partial charge is 0.409 e. The maximum Gasteiger partial charge on any atom is 0.170 e. The molecule has 7 heteroatoms. The minimum absolute atomic E-state index is 0.129. The number of thioether (sulfide) groups is 1. The van der Waals surface area contributed by atoms with Gasteiger partial charge in [0.15, 0.2) is 5.84 Å². The molecular weight excluding hydrogens is 301 g/mol. The molecule has 4 nitrogen and oxygen atoms in total. The summed E-state index contributed by atoms with van der Waals surface area (Å²) in [5, 5.41) is 12.6. The van der Waals surface area contributed by atoms with Crippen molar-refractivity contribution < 1.29 is 9.60 Å². The molecule has 0 saturated carbocycles. The van der Waals surface area contributed by atoms with E-state index in [4.69, 9.17) is 22.5 Å². The van der Waals surface area contributed by atoms with E-state index >= 15 is 0 Å². The molecule has 0 bridgehead atoms. The summed E-state index contributed by atoms with van der Waals surface area (Å²) >= 11 is 7.32. The number of rotatable bonds is 4. The average Bonchev–Trinajstić information content (AvgIpc) is 2.46. The van der Waals surface area contributed by atoms with E-state index in [1.807, 2.05) is 0 Å². The van der Waals surface area contributed by atoms with Crippen LogP contribution in [0.5, 0.6) is 0 Å². The predicted octanol–water partition coefficient (Wildman–Crippen LogP) is 3.26. The number of hydrogen-bond acceptors (Lipinski definition) is 4. The van der Waals surface area contributed by atoms with Crippen molar-refractivity contribution in [1.29, 1.82) is 0 Å². The van der Waals surface area contributed by atoms with Crippen molar-refractivity contribution in [1.82, 2.24) is 4.98 Å². The summed E-state index contributed by atoms with van der Waals surface area (Å²) in [4.78, 5) is 4.12. The van der Waals surface area contributed by atoms with Gasteiger partial charge < -0.3 is 10.9 Å². The molecule has 2 rings (SSSR count). The number of hydrogen-bond donors (Lipinski definition) is 2. The van der Waals surface area contributed by atoms with E-state index in [9.17, 15) is 4.39 Å². The summed E-state index contributed by atoms with van der Waals surface area (Å²) in [5.41, 5.74) is 6.22. The zero-order chi connectivity index (χ0) is 14.5. The minimum atomic E-state index is -0.423. The van der Waals surface area contributed by atoms with Crippen molar-refractivity contribution in [2.24, 2.45) is 10.9 Å². The number of oxime groups is 1. The summed E-state index contributed by atoms with van der Waals surface area (Å²) in [5.74, 6) is -0.163. The third-order valence-corrected chi connectivity index (χ3v) is 4.02. The molecule has 1 aromatic heterocycles. The van der Waals surface area contributed by atoms with Gasteiger partial charge in [-0.3, -0.25) is 0 Å². The number of amidine groups is 1. The van der Waals surface area contributed by atoms with Gasteiger partial charge in [0.2, 0.25) is 0 Å². The zero-order valence-corrected chi connectivity index (χ0v) is 11.8. The highest BCUT2D eigenvalue weighted by atomic mass is 35.5. The number of aromatic nitrogens is 1. The van der Waals surface area contributed by atoms with E-state index < -0.39 is 5.82 Å². The van der Waals surface area contributed by atoms with Crippen molar-refractivity contribution in [3.63, 3.8) is 0 Å². The molecule has 0 aliphatic carbocycles. The Morgan fingerprint density at radius 2 is 2.25 bits per heavy atom. The Bertz CT molecular complexity index is 651. The Morgan fingerprint density at radius 3 is 2.90 bits per heavy atom. The van der Waals surface area contributed by atoms with Crippen LogP contribution in [0.2, 0.25) is 5.02 Å². The van der Waals surface area contributed by atoms with Crippen LogP contribution in [0.25, 0.3) is 0 Å². The monoisotopic (exact) mass is 311 g/mol. The fourth-order valence-corrected chi connectivity index (χ4v) is 2.66. The van der Waals surface area contributed by atoms with Gasteiger partial charge in [-0.15, -0.1) is 11.8 Å². The second kappa shape index (κ2) is 6.58. The second-order valence-corrected chi connectivity index (χ2v) is 5.24. The first-order valence-corrected chi connectivity index (χ1v) is 6.98. The molecule has 0 aliphatic rings. The lowest BCUT2D eigenvalue weighted by atomic mass is 10.1. The fraction of sp³-hybridized carbons (Fsp3) is 0.0769. The molecule has 1 aromatic carbocycles. The van der Waals surface area contributed by atoms with Gasteiger partial charge in [-0.1, -0.05) is 28.9 Å². The van der Waals surface area contributed by atoms with E-state index in [1.165, 1.54) is 17.8 Å². The molecular formula is C13H11ClFN3OS. The first-order valence-electron chi connectivity index (χ1n) is 5.61. The predicted molar refractivity (Wildman–Crippen MR) is 77.7 cm³/mol. The van der Waals surface area contributed by atoms with Crippen LogP contribution < -0.4 is 5.73 Å². The SMILES string of the molecule is NC(=NO)c1ccc(CSc2ncccc2Cl)c(F)c1. The van der Waals surface area contributed by atoms with Gasteiger partial charge in [-0.25, -0.2) is 9.37 Å². The molecule has 3 N–H and O–H groups in total. The van der Waals surface area contributed by atoms with Crippen molar-refractivity contribution in [3.05, 3.63) is 58.5 Å². The molecule has 0 atom stereocenters. The standard InChI is InChI=1S/C13H11ClFN3OS/c14-10-2-1-5-17-13(10)20-7-9-4-3-8(6-11(9)15)12(16)18-19/h1-6,19H,7H2,(H2,16,18). The van der Waals surface area contributed by atoms with Crippen molar-refractivity contribution >= 4 is 29.2 Å². The highest BCUT2D eigenvalue weighted by molar-refractivity contribution is 7.98. The summed E-state index contributed by atoms with van der Waals surface area (Å²) in [6.07, 6.45) is 1.63. The number of benzene rings is 1. The third-order valence-electron chi connectivity index (χ3n) is 2.55. The van der Waals surface area contributed by atoms with E-state index in [-0.39, 0.29) is 5.84 Å². The lowest BCUT2D eigenvalue weighted by molar-refractivity contribution is 0.318. The Labute approximate surface area is 124 Å². The lowest BCUT2D eigenvalue weighted by Crippen LogP contribution is -2.13. The quantitative estimate of drug-likeness (QED) is 0.299. The lowest BCUT2D eigenvalue weighted by Gasteiger charge is -2.06. The maximum absolute atomic E-state index is 13.9. The maximum atomic E-state index is 13.9. The third kappa shape index (κ3) is 3.40. The Hall–Kier alpha value is -1.79. The molecule has 0 spiro atoms. The molecule has 2 aromatic rings. The van der Waals surface area contributed by atoms with E-state index in [1.54, 1.807) is 30.5 Å². The van der Waals surface area contributed by atoms with Crippen LogP contribution in [0.4, 0.5) is 4.39 Å². The van der Waals surface area contributed by atoms with Crippen molar-refractivity contribution in [2.45, 2.75) is 10.8 Å². The molecule has 0 radical (unpaired) electrons. The minimum Gasteiger partial charge on any atom is -0.409 e. The Kier molecular flexibility index (Phi) is 4.81. The summed E-state index contributed by atoms with van der Waals surface area (Å²) in [6.45, 7) is 0. The first-order chi connectivity index (χ1) is 9.61. The second-order valence-electron chi connectivity index (χ2n) is 3.87. The van der Waals surface area contributed by atoms with Crippen molar-refractivity contribution in [3.8, 4) is 0 Å². The summed E-state index contributed by atoms with van der Waals surface area (Å²) in [6, 6.07) is 7.87. The van der Waals surface area contributed by atoms with Gasteiger partial charge >= 0.3 is 0 Å². The van der Waals surface area contributed by atoms with Gasteiger partial charge in [-0.2, -0.15) is 0 Å². The molecule has 0 aliphatic heterocycles. The van der Waals surface area contributed by atoms with Crippen LogP contribution in [-0.4, -0.2) is 16.0 Å². The number of nitrogens with two attached hydrogens (primary N) is 1. The van der Waals surface area contributed by atoms with Gasteiger partial charge in [0.25, 0.3) is 0 Å². The van der Waals surface area contributed by atoms with Crippen molar-refractivity contribution in [2.75, 3.05) is 0 Å². The molecule has 0 amide bonds. The Morgan fingerprint density at radius 1 is 1.45 bits per heavy atom. The molecule has 0 fully saturated rings. The van der Waals surface area contributed by atoms with Crippen LogP contribution in [0, 0.1) is 5.82 Å². The number of halogens is 2. The van der Waals surface area contributed by atoms with Gasteiger partial charge in [-0.05, 0) is 23.8 Å². The Balaban J connectivity index is 2.13. The number of nitrogens with zero attached hydrogens (tertiary/aromatic N) is 2. The highest BCUT2D eigenvalue weighted by Gasteiger charge is 2.08. The molecule has 0 unspecified atom stereocenters. The smallest absolute Gasteiger partial charge is 0.170 e. The highest BCUT2D eigenvalue weighted by Crippen LogP contribution is 2.28. The van der Waals surface area contributed by atoms with Gasteiger partial charge in [0, 0.05) is 17.5 Å². The van der Waals surface area contributed by atoms with E-state index in [0.29, 0.717) is 26.9 Å².